The van der Waals surface area contributed by atoms with Crippen LogP contribution in [0.4, 0.5) is 0 Å². The lowest BCUT2D eigenvalue weighted by Crippen LogP contribution is -2.32. The van der Waals surface area contributed by atoms with Crippen molar-refractivity contribution in [1.82, 2.24) is 0 Å². The molecule has 1 unspecified atom stereocenters. The van der Waals surface area contributed by atoms with Crippen molar-refractivity contribution in [3.8, 4) is 0 Å². The van der Waals surface area contributed by atoms with Gasteiger partial charge in [0.1, 0.15) is 17.5 Å². The Morgan fingerprint density at radius 1 is 1.82 bits per heavy atom. The third-order valence-electron chi connectivity index (χ3n) is 1.30. The molecule has 4 nitrogen and oxygen atoms in total. The van der Waals surface area contributed by atoms with E-state index < -0.39 is 23.2 Å². The van der Waals surface area contributed by atoms with E-state index >= 15 is 0 Å². The summed E-state index contributed by atoms with van der Waals surface area (Å²) in [5.41, 5.74) is 5.19. The van der Waals surface area contributed by atoms with Gasteiger partial charge in [-0.1, -0.05) is 11.2 Å². The summed E-state index contributed by atoms with van der Waals surface area (Å²) < 4.78 is 10.8. The number of carbonyl (C=O) groups is 1. The van der Waals surface area contributed by atoms with Crippen LogP contribution in [0.2, 0.25) is 0 Å². The van der Waals surface area contributed by atoms with Crippen molar-refractivity contribution >= 4 is 17.1 Å². The molecule has 0 aromatic rings. The second kappa shape index (κ2) is 5.40. The number of carboxylic acids is 1. The van der Waals surface area contributed by atoms with Crippen molar-refractivity contribution in [3.63, 3.8) is 0 Å². The fraction of sp³-hybridized carbons (Fsp3) is 0.833. The van der Waals surface area contributed by atoms with Crippen molar-refractivity contribution < 1.29 is 14.5 Å². The highest BCUT2D eigenvalue weighted by Crippen LogP contribution is 1.96. The van der Waals surface area contributed by atoms with Crippen LogP contribution >= 0.6 is 0 Å². The maximum atomic E-state index is 10.8. The molecule has 0 aromatic heterocycles. The Balaban J connectivity index is 3.45. The lowest BCUT2D eigenvalue weighted by Gasteiger charge is -2.09. The van der Waals surface area contributed by atoms with Crippen LogP contribution in [-0.4, -0.2) is 33.2 Å². The monoisotopic (exact) mass is 179 g/mol. The zero-order valence-electron chi connectivity index (χ0n) is 6.45. The second-order valence-corrected chi connectivity index (χ2v) is 4.03. The minimum atomic E-state index is -1.03. The van der Waals surface area contributed by atoms with E-state index in [0.717, 1.165) is 0 Å². The van der Waals surface area contributed by atoms with Gasteiger partial charge in [-0.25, -0.2) is 0 Å². The highest BCUT2D eigenvalue weighted by molar-refractivity contribution is 7.91. The highest BCUT2D eigenvalue weighted by Gasteiger charge is 2.14. The molecule has 0 saturated carbocycles. The number of hydrogen-bond acceptors (Lipinski definition) is 3. The predicted molar refractivity (Wildman–Crippen MR) is 43.8 cm³/mol. The molecular formula is C6H13NO3S. The minimum Gasteiger partial charge on any atom is -0.616 e. The lowest BCUT2D eigenvalue weighted by molar-refractivity contribution is -0.138. The molecular weight excluding hydrogens is 166 g/mol. The van der Waals surface area contributed by atoms with Gasteiger partial charge in [-0.05, 0) is 6.92 Å². The molecule has 0 amide bonds. The summed E-state index contributed by atoms with van der Waals surface area (Å²) >= 11 is -0.907. The Morgan fingerprint density at radius 3 is 2.73 bits per heavy atom. The lowest BCUT2D eigenvalue weighted by atomic mass is 10.2. The molecule has 11 heavy (non-hydrogen) atoms. The van der Waals surface area contributed by atoms with Crippen LogP contribution < -0.4 is 5.73 Å². The summed E-state index contributed by atoms with van der Waals surface area (Å²) in [6.45, 7) is 1.79. The average Bonchev–Trinajstić information content (AvgIpc) is 1.99. The summed E-state index contributed by atoms with van der Waals surface area (Å²) in [7, 11) is 0. The Bertz CT molecular complexity index is 131. The smallest absolute Gasteiger partial charge is 0.320 e. The van der Waals surface area contributed by atoms with Gasteiger partial charge in [0.15, 0.2) is 0 Å². The van der Waals surface area contributed by atoms with Crippen molar-refractivity contribution in [3.05, 3.63) is 0 Å². The van der Waals surface area contributed by atoms with Crippen LogP contribution in [0.15, 0.2) is 0 Å². The number of nitrogens with two attached hydrogens (primary N) is 1. The Kier molecular flexibility index (Phi) is 5.27. The molecule has 0 aliphatic rings. The van der Waals surface area contributed by atoms with Crippen LogP contribution in [0, 0.1) is 0 Å². The van der Waals surface area contributed by atoms with Gasteiger partial charge in [0.2, 0.25) is 0 Å². The molecule has 66 valence electrons. The maximum Gasteiger partial charge on any atom is 0.320 e. The topological polar surface area (TPSA) is 86.4 Å². The number of carboxylic acid groups (broad SMARTS) is 1. The summed E-state index contributed by atoms with van der Waals surface area (Å²) in [6, 6.07) is -0.870. The highest BCUT2D eigenvalue weighted by atomic mass is 32.2. The molecule has 0 aliphatic carbocycles. The Hall–Kier alpha value is -0.260. The quantitative estimate of drug-likeness (QED) is 0.560. The van der Waals surface area contributed by atoms with Crippen LogP contribution in [0.3, 0.4) is 0 Å². The summed E-state index contributed by atoms with van der Waals surface area (Å²) in [5, 5.41) is 8.34. The molecule has 0 bridgehead atoms. The van der Waals surface area contributed by atoms with E-state index in [0.29, 0.717) is 11.5 Å². The summed E-state index contributed by atoms with van der Waals surface area (Å²) in [6.07, 6.45) is 0.287. The first-order valence-electron chi connectivity index (χ1n) is 3.41. The standard InChI is InChI=1S/C6H13NO3S/c1-2-11(10)4-3-5(7)6(8)9/h5H,2-4,7H2,1H3,(H,8,9)/t5-,11?/m0/s1. The van der Waals surface area contributed by atoms with Gasteiger partial charge in [0.05, 0.1) is 0 Å². The van der Waals surface area contributed by atoms with E-state index in [1.807, 2.05) is 0 Å². The SMILES string of the molecule is CC[S+]([O-])CC[C@H](N)C(=O)O. The molecule has 0 saturated heterocycles. The van der Waals surface area contributed by atoms with Crippen molar-refractivity contribution in [2.45, 2.75) is 19.4 Å². The first-order chi connectivity index (χ1) is 5.07. The first-order valence-corrected chi connectivity index (χ1v) is 4.90. The molecule has 0 spiro atoms. The molecule has 0 aliphatic heterocycles. The largest absolute Gasteiger partial charge is 0.616 e. The molecule has 5 heteroatoms. The fourth-order valence-electron chi connectivity index (χ4n) is 0.526. The van der Waals surface area contributed by atoms with Crippen LogP contribution in [0.5, 0.6) is 0 Å². The summed E-state index contributed by atoms with van der Waals surface area (Å²) in [4.78, 5) is 10.2. The van der Waals surface area contributed by atoms with E-state index in [2.05, 4.69) is 0 Å². The van der Waals surface area contributed by atoms with E-state index in [4.69, 9.17) is 10.8 Å². The van der Waals surface area contributed by atoms with E-state index in [1.54, 1.807) is 6.92 Å². The van der Waals surface area contributed by atoms with Crippen LogP contribution in [-0.2, 0) is 16.0 Å². The van der Waals surface area contributed by atoms with Gasteiger partial charge in [0.25, 0.3) is 0 Å². The number of aliphatic carboxylic acids is 1. The molecule has 0 rings (SSSR count). The molecule has 0 aromatic carbocycles. The third kappa shape index (κ3) is 5.06. The van der Waals surface area contributed by atoms with Crippen molar-refractivity contribution in [2.75, 3.05) is 11.5 Å². The van der Waals surface area contributed by atoms with Crippen LogP contribution in [0.1, 0.15) is 13.3 Å². The van der Waals surface area contributed by atoms with Crippen molar-refractivity contribution in [1.29, 1.82) is 0 Å². The van der Waals surface area contributed by atoms with Gasteiger partial charge >= 0.3 is 5.97 Å². The Morgan fingerprint density at radius 2 is 2.36 bits per heavy atom. The van der Waals surface area contributed by atoms with E-state index in [1.165, 1.54) is 0 Å². The van der Waals surface area contributed by atoms with Gasteiger partial charge < -0.3 is 15.4 Å². The Labute approximate surface area is 69.0 Å². The molecule has 2 atom stereocenters. The first kappa shape index (κ1) is 10.7. The predicted octanol–water partition coefficient (Wildman–Crippen LogP) is -0.443. The minimum absolute atomic E-state index is 0.287. The van der Waals surface area contributed by atoms with Crippen molar-refractivity contribution in [2.24, 2.45) is 5.73 Å². The van der Waals surface area contributed by atoms with E-state index in [9.17, 15) is 9.35 Å². The molecule has 0 fully saturated rings. The zero-order valence-corrected chi connectivity index (χ0v) is 7.26. The molecule has 3 N–H and O–H groups in total. The molecule has 0 heterocycles. The molecule has 0 radical (unpaired) electrons. The number of rotatable bonds is 5. The zero-order chi connectivity index (χ0) is 8.85. The second-order valence-electron chi connectivity index (χ2n) is 2.17. The average molecular weight is 179 g/mol. The normalized spacial score (nSPS) is 15.9. The van der Waals surface area contributed by atoms with Gasteiger partial charge in [0, 0.05) is 6.42 Å². The van der Waals surface area contributed by atoms with Gasteiger partial charge in [-0.15, -0.1) is 0 Å². The maximum absolute atomic E-state index is 10.8. The fourth-order valence-corrected chi connectivity index (χ4v) is 1.33. The van der Waals surface area contributed by atoms with Gasteiger partial charge in [-0.3, -0.25) is 4.79 Å². The van der Waals surface area contributed by atoms with E-state index in [-0.39, 0.29) is 6.42 Å². The number of hydrogen-bond donors (Lipinski definition) is 2. The third-order valence-corrected chi connectivity index (χ3v) is 2.63. The summed E-state index contributed by atoms with van der Waals surface area (Å²) in [5.74, 6) is -0.0888. The van der Waals surface area contributed by atoms with Gasteiger partial charge in [-0.2, -0.15) is 0 Å². The van der Waals surface area contributed by atoms with Crippen LogP contribution in [0.25, 0.3) is 0 Å².